The molecule has 1 aromatic carbocycles. The van der Waals surface area contributed by atoms with Crippen LogP contribution in [0.2, 0.25) is 0 Å². The van der Waals surface area contributed by atoms with Gasteiger partial charge in [-0.1, -0.05) is 6.07 Å². The second-order valence-electron chi connectivity index (χ2n) is 3.59. The molecule has 1 aromatic heterocycles. The first kappa shape index (κ1) is 12.9. The smallest absolute Gasteiger partial charge is 0.279 e. The maximum absolute atomic E-state index is 11.7. The van der Waals surface area contributed by atoms with Crippen LogP contribution in [0.5, 0.6) is 11.5 Å². The second-order valence-corrected chi connectivity index (χ2v) is 4.54. The molecule has 7 heteroatoms. The minimum Gasteiger partial charge on any atom is -0.504 e. The fourth-order valence-electron chi connectivity index (χ4n) is 1.32. The van der Waals surface area contributed by atoms with Gasteiger partial charge < -0.3 is 10.2 Å². The molecule has 1 heterocycles. The number of thiophene rings is 1. The largest absolute Gasteiger partial charge is 0.504 e. The van der Waals surface area contributed by atoms with Gasteiger partial charge in [0.15, 0.2) is 11.5 Å². The normalized spacial score (nSPS) is 9.89. The number of aromatic hydroxyl groups is 2. The third kappa shape index (κ3) is 3.02. The van der Waals surface area contributed by atoms with Crippen LogP contribution in [0.15, 0.2) is 35.7 Å². The second kappa shape index (κ2) is 5.40. The van der Waals surface area contributed by atoms with Crippen molar-refractivity contribution in [3.63, 3.8) is 0 Å². The first-order chi connectivity index (χ1) is 9.08. The molecule has 98 valence electrons. The van der Waals surface area contributed by atoms with Gasteiger partial charge in [0, 0.05) is 5.56 Å². The van der Waals surface area contributed by atoms with Gasteiger partial charge >= 0.3 is 0 Å². The molecule has 0 radical (unpaired) electrons. The molecule has 2 rings (SSSR count). The Bertz CT molecular complexity index is 610. The Hall–Kier alpha value is -2.54. The van der Waals surface area contributed by atoms with E-state index in [1.807, 2.05) is 0 Å². The predicted molar refractivity (Wildman–Crippen MR) is 69.0 cm³/mol. The lowest BCUT2D eigenvalue weighted by Crippen LogP contribution is -2.41. The Morgan fingerprint density at radius 1 is 1.00 bits per heavy atom. The molecule has 2 amide bonds. The van der Waals surface area contributed by atoms with Crippen LogP contribution in [0.1, 0.15) is 20.0 Å². The fraction of sp³-hybridized carbons (Fsp3) is 0. The summed E-state index contributed by atoms with van der Waals surface area (Å²) in [5, 5.41) is 20.1. The minimum atomic E-state index is -0.597. The fourth-order valence-corrected chi connectivity index (χ4v) is 1.94. The first-order valence-electron chi connectivity index (χ1n) is 5.24. The van der Waals surface area contributed by atoms with Gasteiger partial charge in [-0.3, -0.25) is 20.4 Å². The summed E-state index contributed by atoms with van der Waals surface area (Å²) in [7, 11) is 0. The van der Waals surface area contributed by atoms with E-state index in [2.05, 4.69) is 10.9 Å². The first-order valence-corrected chi connectivity index (χ1v) is 6.12. The zero-order chi connectivity index (χ0) is 13.8. The number of amides is 2. The molecule has 0 bridgehead atoms. The van der Waals surface area contributed by atoms with E-state index in [9.17, 15) is 14.7 Å². The lowest BCUT2D eigenvalue weighted by Gasteiger charge is -2.07. The molecule has 0 unspecified atom stereocenters. The predicted octanol–water partition coefficient (Wildman–Crippen LogP) is 1.23. The Balaban J connectivity index is 1.98. The topological polar surface area (TPSA) is 98.7 Å². The molecule has 0 aliphatic heterocycles. The van der Waals surface area contributed by atoms with Gasteiger partial charge in [-0.15, -0.1) is 11.3 Å². The molecule has 0 saturated carbocycles. The summed E-state index contributed by atoms with van der Waals surface area (Å²) < 4.78 is 0. The Kier molecular flexibility index (Phi) is 3.67. The molecule has 0 saturated heterocycles. The molecular weight excluding hydrogens is 268 g/mol. The number of phenolic OH excluding ortho intramolecular Hbond substituents is 2. The lowest BCUT2D eigenvalue weighted by atomic mass is 10.2. The van der Waals surface area contributed by atoms with E-state index in [0.717, 1.165) is 6.07 Å². The monoisotopic (exact) mass is 278 g/mol. The molecule has 0 aliphatic carbocycles. The van der Waals surface area contributed by atoms with Gasteiger partial charge in [-0.05, 0) is 29.6 Å². The Labute approximate surface area is 112 Å². The van der Waals surface area contributed by atoms with Crippen LogP contribution in [0.4, 0.5) is 0 Å². The molecule has 19 heavy (non-hydrogen) atoms. The van der Waals surface area contributed by atoms with Crippen LogP contribution in [0.3, 0.4) is 0 Å². The third-order valence-corrected chi connectivity index (χ3v) is 3.14. The van der Waals surface area contributed by atoms with E-state index in [1.54, 1.807) is 17.5 Å². The van der Waals surface area contributed by atoms with Gasteiger partial charge in [-0.2, -0.15) is 0 Å². The Morgan fingerprint density at radius 2 is 1.74 bits per heavy atom. The van der Waals surface area contributed by atoms with E-state index < -0.39 is 17.6 Å². The van der Waals surface area contributed by atoms with Crippen LogP contribution in [0, 0.1) is 0 Å². The van der Waals surface area contributed by atoms with E-state index in [-0.39, 0.29) is 11.3 Å². The number of rotatable bonds is 2. The molecule has 0 aliphatic rings. The summed E-state index contributed by atoms with van der Waals surface area (Å²) in [5.41, 5.74) is 4.57. The number of hydrogen-bond acceptors (Lipinski definition) is 5. The van der Waals surface area contributed by atoms with Gasteiger partial charge in [0.25, 0.3) is 11.8 Å². The third-order valence-electron chi connectivity index (χ3n) is 2.27. The van der Waals surface area contributed by atoms with Crippen molar-refractivity contribution in [3.8, 4) is 11.5 Å². The zero-order valence-electron chi connectivity index (χ0n) is 9.58. The van der Waals surface area contributed by atoms with Crippen LogP contribution >= 0.6 is 11.3 Å². The number of carbonyl (C=O) groups is 2. The van der Waals surface area contributed by atoms with Crippen molar-refractivity contribution in [2.75, 3.05) is 0 Å². The van der Waals surface area contributed by atoms with E-state index in [0.29, 0.717) is 4.88 Å². The number of benzene rings is 1. The summed E-state index contributed by atoms with van der Waals surface area (Å²) >= 11 is 1.25. The number of hydrogen-bond donors (Lipinski definition) is 4. The van der Waals surface area contributed by atoms with Crippen molar-refractivity contribution < 1.29 is 19.8 Å². The summed E-state index contributed by atoms with van der Waals surface area (Å²) in [6, 6.07) is 6.95. The van der Waals surface area contributed by atoms with Gasteiger partial charge in [0.1, 0.15) is 0 Å². The van der Waals surface area contributed by atoms with Crippen molar-refractivity contribution in [3.05, 3.63) is 46.2 Å². The summed E-state index contributed by atoms with van der Waals surface area (Å²) in [5.74, 6) is -1.75. The van der Waals surface area contributed by atoms with Crippen molar-refractivity contribution in [2.45, 2.75) is 0 Å². The van der Waals surface area contributed by atoms with Gasteiger partial charge in [0.2, 0.25) is 0 Å². The molecule has 0 spiro atoms. The average Bonchev–Trinajstić information content (AvgIpc) is 2.92. The molecule has 4 N–H and O–H groups in total. The van der Waals surface area contributed by atoms with Crippen LogP contribution < -0.4 is 10.9 Å². The zero-order valence-corrected chi connectivity index (χ0v) is 10.4. The highest BCUT2D eigenvalue weighted by molar-refractivity contribution is 7.12. The average molecular weight is 278 g/mol. The summed E-state index contributed by atoms with van der Waals surface area (Å²) in [6.45, 7) is 0. The molecular formula is C12H10N2O4S. The van der Waals surface area contributed by atoms with Crippen molar-refractivity contribution in [1.29, 1.82) is 0 Å². The highest BCUT2D eigenvalue weighted by atomic mass is 32.1. The Morgan fingerprint density at radius 3 is 2.37 bits per heavy atom. The highest BCUT2D eigenvalue weighted by Gasteiger charge is 2.11. The van der Waals surface area contributed by atoms with Gasteiger partial charge in [0.05, 0.1) is 4.88 Å². The molecule has 0 fully saturated rings. The number of phenols is 2. The van der Waals surface area contributed by atoms with Crippen LogP contribution in [-0.2, 0) is 0 Å². The quantitative estimate of drug-likeness (QED) is 0.490. The van der Waals surface area contributed by atoms with Crippen molar-refractivity contribution >= 4 is 23.2 Å². The van der Waals surface area contributed by atoms with E-state index in [4.69, 9.17) is 5.11 Å². The molecule has 6 nitrogen and oxygen atoms in total. The van der Waals surface area contributed by atoms with Crippen molar-refractivity contribution in [1.82, 2.24) is 10.9 Å². The lowest BCUT2D eigenvalue weighted by molar-refractivity contribution is 0.0848. The molecule has 2 aromatic rings. The maximum Gasteiger partial charge on any atom is 0.279 e. The summed E-state index contributed by atoms with van der Waals surface area (Å²) in [4.78, 5) is 23.7. The van der Waals surface area contributed by atoms with Crippen molar-refractivity contribution in [2.24, 2.45) is 0 Å². The minimum absolute atomic E-state index is 0.113. The number of carbonyl (C=O) groups excluding carboxylic acids is 2. The van der Waals surface area contributed by atoms with E-state index >= 15 is 0 Å². The number of nitrogens with one attached hydrogen (secondary N) is 2. The highest BCUT2D eigenvalue weighted by Crippen LogP contribution is 2.24. The standard InChI is InChI=1S/C12H10N2O4S/c15-8-4-3-7(6-9(8)16)11(17)13-14-12(18)10-2-1-5-19-10/h1-6,15-16H,(H,13,17)(H,14,18). The SMILES string of the molecule is O=C(NNC(=O)c1cccs1)c1ccc(O)c(O)c1. The van der Waals surface area contributed by atoms with Crippen LogP contribution in [0.25, 0.3) is 0 Å². The molecule has 0 atom stereocenters. The van der Waals surface area contributed by atoms with E-state index in [1.165, 1.54) is 23.5 Å². The van der Waals surface area contributed by atoms with Crippen LogP contribution in [-0.4, -0.2) is 22.0 Å². The maximum atomic E-state index is 11.7. The number of hydrazine groups is 1. The van der Waals surface area contributed by atoms with Gasteiger partial charge in [-0.25, -0.2) is 0 Å². The summed E-state index contributed by atoms with van der Waals surface area (Å²) in [6.07, 6.45) is 0.